The molecular formula is C15H13F3N2O5. The lowest BCUT2D eigenvalue weighted by Crippen LogP contribution is -2.39. The van der Waals surface area contributed by atoms with Gasteiger partial charge in [-0.2, -0.15) is 0 Å². The number of ether oxygens (including phenoxy) is 1. The zero-order valence-corrected chi connectivity index (χ0v) is 13.1. The van der Waals surface area contributed by atoms with Crippen LogP contribution in [0.5, 0.6) is 5.75 Å². The number of carboxylic acids is 1. The molecule has 134 valence electrons. The van der Waals surface area contributed by atoms with Gasteiger partial charge in [0.1, 0.15) is 5.75 Å². The molecule has 25 heavy (non-hydrogen) atoms. The molecule has 1 aromatic rings. The predicted octanol–water partition coefficient (Wildman–Crippen LogP) is 3.15. The Bertz CT molecular complexity index is 786. The largest absolute Gasteiger partial charge is 0.573 e. The van der Waals surface area contributed by atoms with Crippen LogP contribution < -0.4 is 4.74 Å². The van der Waals surface area contributed by atoms with Crippen LogP contribution in [0.4, 0.5) is 13.2 Å². The molecule has 1 aromatic carbocycles. The molecular weight excluding hydrogens is 345 g/mol. The number of benzene rings is 1. The van der Waals surface area contributed by atoms with Crippen LogP contribution in [0.3, 0.4) is 0 Å². The molecule has 0 fully saturated rings. The Labute approximate surface area is 139 Å². The highest BCUT2D eigenvalue weighted by atomic mass is 19.4. The Morgan fingerprint density at radius 1 is 1.36 bits per heavy atom. The van der Waals surface area contributed by atoms with Gasteiger partial charge in [0.25, 0.3) is 6.04 Å². The van der Waals surface area contributed by atoms with Crippen molar-refractivity contribution in [2.24, 2.45) is 4.99 Å². The summed E-state index contributed by atoms with van der Waals surface area (Å²) in [6, 6.07) is 3.00. The van der Waals surface area contributed by atoms with Crippen LogP contribution in [0.1, 0.15) is 25.3 Å². The highest BCUT2D eigenvalue weighted by Gasteiger charge is 2.44. The summed E-state index contributed by atoms with van der Waals surface area (Å²) in [5.74, 6) is -3.30. The molecule has 0 spiro atoms. The fourth-order valence-electron chi connectivity index (χ4n) is 2.83. The second kappa shape index (κ2) is 6.54. The van der Waals surface area contributed by atoms with Gasteiger partial charge in [-0.15, -0.1) is 13.2 Å². The first-order valence-corrected chi connectivity index (χ1v) is 6.99. The minimum atomic E-state index is -4.94. The van der Waals surface area contributed by atoms with E-state index in [-0.39, 0.29) is 22.5 Å². The Morgan fingerprint density at radius 3 is 2.52 bits per heavy atom. The van der Waals surface area contributed by atoms with Crippen molar-refractivity contribution >= 4 is 11.7 Å². The quantitative estimate of drug-likeness (QED) is 0.658. The highest BCUT2D eigenvalue weighted by Crippen LogP contribution is 2.38. The summed E-state index contributed by atoms with van der Waals surface area (Å²) in [5.41, 5.74) is -0.180. The fraction of sp³-hybridized carbons (Fsp3) is 0.333. The lowest BCUT2D eigenvalue weighted by molar-refractivity contribution is -0.505. The second-order valence-corrected chi connectivity index (χ2v) is 5.39. The Balaban J connectivity index is 2.59. The molecule has 0 radical (unpaired) electrons. The molecule has 0 amide bonds. The van der Waals surface area contributed by atoms with Crippen LogP contribution in [0, 0.1) is 10.1 Å². The van der Waals surface area contributed by atoms with E-state index in [0.29, 0.717) is 0 Å². The first kappa shape index (κ1) is 18.4. The van der Waals surface area contributed by atoms with Gasteiger partial charge in [0.2, 0.25) is 0 Å². The minimum Gasteiger partial charge on any atom is -0.478 e. The third-order valence-corrected chi connectivity index (χ3v) is 3.70. The molecule has 1 aliphatic heterocycles. The summed E-state index contributed by atoms with van der Waals surface area (Å²) in [6.45, 7) is 2.75. The average Bonchev–Trinajstić information content (AvgIpc) is 2.43. The van der Waals surface area contributed by atoms with E-state index in [4.69, 9.17) is 0 Å². The molecule has 1 N–H and O–H groups in total. The van der Waals surface area contributed by atoms with Crippen molar-refractivity contribution in [1.82, 2.24) is 0 Å². The van der Waals surface area contributed by atoms with Crippen LogP contribution in [0.25, 0.3) is 0 Å². The summed E-state index contributed by atoms with van der Waals surface area (Å²) in [7, 11) is 0. The van der Waals surface area contributed by atoms with Crippen molar-refractivity contribution in [1.29, 1.82) is 0 Å². The number of hydrogen-bond donors (Lipinski definition) is 1. The van der Waals surface area contributed by atoms with Gasteiger partial charge in [0.15, 0.2) is 0 Å². The maximum absolute atomic E-state index is 12.4. The van der Waals surface area contributed by atoms with Crippen molar-refractivity contribution in [2.75, 3.05) is 0 Å². The lowest BCUT2D eigenvalue weighted by atomic mass is 9.80. The SMILES string of the molecule is CC1=NC(C)=C(C(=O)O)C(c2cccc(OC(F)(F)F)c2)C1[N+](=O)[O-]. The number of halogens is 3. The molecule has 2 atom stereocenters. The van der Waals surface area contributed by atoms with Gasteiger partial charge in [0, 0.05) is 10.6 Å². The molecule has 0 saturated heterocycles. The van der Waals surface area contributed by atoms with Gasteiger partial charge in [-0.1, -0.05) is 12.1 Å². The van der Waals surface area contributed by atoms with Crippen LogP contribution in [0.2, 0.25) is 0 Å². The van der Waals surface area contributed by atoms with Crippen molar-refractivity contribution in [3.05, 3.63) is 51.2 Å². The number of carboxylic acid groups (broad SMARTS) is 1. The number of nitrogens with zero attached hydrogens (tertiary/aromatic N) is 2. The van der Waals surface area contributed by atoms with Crippen LogP contribution >= 0.6 is 0 Å². The Kier molecular flexibility index (Phi) is 4.82. The van der Waals surface area contributed by atoms with Gasteiger partial charge in [-0.05, 0) is 31.5 Å². The molecule has 7 nitrogen and oxygen atoms in total. The van der Waals surface area contributed by atoms with Gasteiger partial charge in [0.05, 0.1) is 17.2 Å². The molecule has 2 unspecified atom stereocenters. The normalized spacial score (nSPS) is 20.9. The van der Waals surface area contributed by atoms with Crippen molar-refractivity contribution in [2.45, 2.75) is 32.2 Å². The van der Waals surface area contributed by atoms with E-state index in [0.717, 1.165) is 12.1 Å². The van der Waals surface area contributed by atoms with E-state index in [2.05, 4.69) is 9.73 Å². The van der Waals surface area contributed by atoms with Gasteiger partial charge in [-0.25, -0.2) is 4.79 Å². The Morgan fingerprint density at radius 2 is 2.00 bits per heavy atom. The smallest absolute Gasteiger partial charge is 0.478 e. The molecule has 0 bridgehead atoms. The third kappa shape index (κ3) is 3.95. The first-order valence-electron chi connectivity index (χ1n) is 6.99. The van der Waals surface area contributed by atoms with E-state index in [1.807, 2.05) is 0 Å². The zero-order valence-electron chi connectivity index (χ0n) is 13.1. The third-order valence-electron chi connectivity index (χ3n) is 3.70. The van der Waals surface area contributed by atoms with Crippen LogP contribution in [0.15, 0.2) is 40.5 Å². The molecule has 0 saturated carbocycles. The van der Waals surface area contributed by atoms with E-state index >= 15 is 0 Å². The number of carbonyl (C=O) groups is 1. The first-order chi connectivity index (χ1) is 11.5. The topological polar surface area (TPSA) is 102 Å². The van der Waals surface area contributed by atoms with Crippen molar-refractivity contribution < 1.29 is 32.7 Å². The lowest BCUT2D eigenvalue weighted by Gasteiger charge is -2.26. The fourth-order valence-corrected chi connectivity index (χ4v) is 2.83. The number of aliphatic carboxylic acids is 1. The summed E-state index contributed by atoms with van der Waals surface area (Å²) < 4.78 is 41.0. The van der Waals surface area contributed by atoms with E-state index in [1.165, 1.54) is 26.0 Å². The maximum Gasteiger partial charge on any atom is 0.573 e. The van der Waals surface area contributed by atoms with E-state index in [9.17, 15) is 33.2 Å². The van der Waals surface area contributed by atoms with Crippen LogP contribution in [-0.4, -0.2) is 34.1 Å². The van der Waals surface area contributed by atoms with Crippen molar-refractivity contribution in [3.63, 3.8) is 0 Å². The molecule has 1 aliphatic rings. The van der Waals surface area contributed by atoms with E-state index < -0.39 is 35.0 Å². The van der Waals surface area contributed by atoms with Gasteiger partial charge < -0.3 is 9.84 Å². The van der Waals surface area contributed by atoms with Gasteiger partial charge >= 0.3 is 12.3 Å². The number of allylic oxidation sites excluding steroid dienone is 1. The summed E-state index contributed by atoms with van der Waals surface area (Å²) in [4.78, 5) is 26.2. The van der Waals surface area contributed by atoms with Crippen LogP contribution in [-0.2, 0) is 4.79 Å². The standard InChI is InChI=1S/C15H13F3N2O5/c1-7-11(14(21)22)12(13(20(23)24)8(2)19-7)9-4-3-5-10(6-9)25-15(16,17)18/h3-6,12-13H,1-2H3,(H,21,22). The average molecular weight is 358 g/mol. The molecule has 2 rings (SSSR count). The highest BCUT2D eigenvalue weighted by molar-refractivity contribution is 5.97. The van der Waals surface area contributed by atoms with Crippen molar-refractivity contribution in [3.8, 4) is 5.75 Å². The molecule has 0 aromatic heterocycles. The number of aliphatic imine (C=N–C) groups is 1. The number of alkyl halides is 3. The second-order valence-electron chi connectivity index (χ2n) is 5.39. The number of nitro groups is 1. The number of hydrogen-bond acceptors (Lipinski definition) is 5. The summed E-state index contributed by atoms with van der Waals surface area (Å²) in [5, 5.41) is 20.9. The summed E-state index contributed by atoms with van der Waals surface area (Å²) >= 11 is 0. The summed E-state index contributed by atoms with van der Waals surface area (Å²) in [6.07, 6.45) is -4.94. The monoisotopic (exact) mass is 358 g/mol. The molecule has 0 aliphatic carbocycles. The maximum atomic E-state index is 12.4. The molecule has 1 heterocycles. The minimum absolute atomic E-state index is 0.0226. The Hall–Kier alpha value is -2.91. The number of rotatable bonds is 4. The molecule has 10 heteroatoms. The zero-order chi connectivity index (χ0) is 18.9. The predicted molar refractivity (Wildman–Crippen MR) is 80.1 cm³/mol. The van der Waals surface area contributed by atoms with Gasteiger partial charge in [-0.3, -0.25) is 15.1 Å². The van der Waals surface area contributed by atoms with E-state index in [1.54, 1.807) is 0 Å².